The summed E-state index contributed by atoms with van der Waals surface area (Å²) in [5.41, 5.74) is 6.47. The molecular formula is C27H28N4O. The second-order valence-corrected chi connectivity index (χ2v) is 9.74. The van der Waals surface area contributed by atoms with Gasteiger partial charge in [0.25, 0.3) is 0 Å². The maximum atomic E-state index is 13.7. The molecule has 0 radical (unpaired) electrons. The number of rotatable bonds is 3. The van der Waals surface area contributed by atoms with Gasteiger partial charge in [0.15, 0.2) is 5.78 Å². The molecule has 1 aliphatic carbocycles. The molecule has 1 N–H and O–H groups in total. The normalized spacial score (nSPS) is 21.6. The summed E-state index contributed by atoms with van der Waals surface area (Å²) in [5.74, 6) is 1.08. The van der Waals surface area contributed by atoms with Crippen LogP contribution < -0.4 is 5.32 Å². The largest absolute Gasteiger partial charge is 0.343 e. The van der Waals surface area contributed by atoms with Crippen LogP contribution in [0.3, 0.4) is 0 Å². The predicted octanol–water partition coefficient (Wildman–Crippen LogP) is 5.61. The highest BCUT2D eigenvalue weighted by Crippen LogP contribution is 2.54. The van der Waals surface area contributed by atoms with Crippen molar-refractivity contribution in [1.29, 1.82) is 0 Å². The standard InChI is InChI=1S/C27H28N4O/c1-5-27(20-9-6-8-18(13-20)19-12-17(2)31-29-16-19)21-10-7-11-28-25(21)30-22-14-26(3,4)15-23(32)24(22)27/h6-13,16H,5,14-15H2,1-4H3,(H,28,30)/t27-/m0/s1. The van der Waals surface area contributed by atoms with E-state index in [1.165, 1.54) is 0 Å². The molecule has 5 heteroatoms. The number of anilines is 1. The van der Waals surface area contributed by atoms with Gasteiger partial charge < -0.3 is 5.32 Å². The van der Waals surface area contributed by atoms with Crippen LogP contribution in [0.15, 0.2) is 66.1 Å². The van der Waals surface area contributed by atoms with Gasteiger partial charge in [0, 0.05) is 35.0 Å². The molecule has 1 aromatic carbocycles. The first-order chi connectivity index (χ1) is 15.3. The molecule has 0 saturated heterocycles. The number of aryl methyl sites for hydroxylation is 1. The number of nitrogens with zero attached hydrogens (tertiary/aromatic N) is 3. The summed E-state index contributed by atoms with van der Waals surface area (Å²) in [6.07, 6.45) is 5.77. The Balaban J connectivity index is 1.78. The zero-order chi connectivity index (χ0) is 22.5. The maximum absolute atomic E-state index is 13.7. The van der Waals surface area contributed by atoms with Crippen molar-refractivity contribution in [3.8, 4) is 11.1 Å². The molecule has 1 atom stereocenters. The summed E-state index contributed by atoms with van der Waals surface area (Å²) in [6, 6.07) is 14.6. The third-order valence-electron chi connectivity index (χ3n) is 6.83. The number of carbonyl (C=O) groups is 1. The van der Waals surface area contributed by atoms with Crippen molar-refractivity contribution in [2.45, 2.75) is 52.4 Å². The van der Waals surface area contributed by atoms with Gasteiger partial charge in [-0.25, -0.2) is 4.98 Å². The number of pyridine rings is 1. The molecule has 3 heterocycles. The van der Waals surface area contributed by atoms with E-state index in [0.717, 1.165) is 57.9 Å². The lowest BCUT2D eigenvalue weighted by atomic mass is 9.59. The van der Waals surface area contributed by atoms with Crippen LogP contribution in [0.2, 0.25) is 0 Å². The molecule has 5 rings (SSSR count). The molecule has 0 saturated carbocycles. The number of aromatic nitrogens is 3. The second kappa shape index (κ2) is 7.37. The van der Waals surface area contributed by atoms with Gasteiger partial charge in [-0.1, -0.05) is 45.0 Å². The van der Waals surface area contributed by atoms with Crippen molar-refractivity contribution in [1.82, 2.24) is 15.2 Å². The number of Topliss-reactive ketones (excluding diaryl/α,β-unsaturated/α-hetero) is 1. The van der Waals surface area contributed by atoms with Crippen LogP contribution in [0, 0.1) is 12.3 Å². The van der Waals surface area contributed by atoms with Gasteiger partial charge in [0.2, 0.25) is 0 Å². The Morgan fingerprint density at radius 2 is 1.91 bits per heavy atom. The second-order valence-electron chi connectivity index (χ2n) is 9.74. The van der Waals surface area contributed by atoms with E-state index in [-0.39, 0.29) is 11.2 Å². The van der Waals surface area contributed by atoms with Crippen LogP contribution in [-0.2, 0) is 10.2 Å². The quantitative estimate of drug-likeness (QED) is 0.592. The van der Waals surface area contributed by atoms with Crippen molar-refractivity contribution in [2.75, 3.05) is 5.32 Å². The minimum atomic E-state index is -0.538. The highest BCUT2D eigenvalue weighted by atomic mass is 16.1. The fraction of sp³-hybridized carbons (Fsp3) is 0.333. The summed E-state index contributed by atoms with van der Waals surface area (Å²) < 4.78 is 0. The topological polar surface area (TPSA) is 67.8 Å². The molecule has 3 aromatic rings. The number of allylic oxidation sites excluding steroid dienone is 2. The molecule has 162 valence electrons. The maximum Gasteiger partial charge on any atom is 0.162 e. The number of benzene rings is 1. The van der Waals surface area contributed by atoms with E-state index >= 15 is 0 Å². The lowest BCUT2D eigenvalue weighted by Crippen LogP contribution is -2.43. The zero-order valence-electron chi connectivity index (χ0n) is 19.1. The van der Waals surface area contributed by atoms with Crippen molar-refractivity contribution < 1.29 is 4.79 Å². The Kier molecular flexibility index (Phi) is 4.73. The van der Waals surface area contributed by atoms with E-state index in [1.807, 2.05) is 25.3 Å². The van der Waals surface area contributed by atoms with Gasteiger partial charge in [-0.15, -0.1) is 0 Å². The highest BCUT2D eigenvalue weighted by Gasteiger charge is 2.49. The highest BCUT2D eigenvalue weighted by molar-refractivity contribution is 6.03. The van der Waals surface area contributed by atoms with E-state index in [4.69, 9.17) is 0 Å². The Labute approximate surface area is 189 Å². The van der Waals surface area contributed by atoms with E-state index in [2.05, 4.69) is 71.6 Å². The van der Waals surface area contributed by atoms with Crippen LogP contribution in [-0.4, -0.2) is 21.0 Å². The molecule has 2 aliphatic rings. The van der Waals surface area contributed by atoms with Crippen molar-refractivity contribution in [3.63, 3.8) is 0 Å². The number of hydrogen-bond acceptors (Lipinski definition) is 5. The molecule has 2 aromatic heterocycles. The number of ketones is 1. The zero-order valence-corrected chi connectivity index (χ0v) is 19.1. The summed E-state index contributed by atoms with van der Waals surface area (Å²) in [6.45, 7) is 8.45. The smallest absolute Gasteiger partial charge is 0.162 e. The van der Waals surface area contributed by atoms with Crippen molar-refractivity contribution in [2.24, 2.45) is 5.41 Å². The minimum absolute atomic E-state index is 0.0727. The fourth-order valence-electron chi connectivity index (χ4n) is 5.52. The fourth-order valence-corrected chi connectivity index (χ4v) is 5.52. The Morgan fingerprint density at radius 1 is 1.06 bits per heavy atom. The molecule has 0 amide bonds. The summed E-state index contributed by atoms with van der Waals surface area (Å²) in [5, 5.41) is 11.8. The first-order valence-electron chi connectivity index (χ1n) is 11.2. The first-order valence-corrected chi connectivity index (χ1v) is 11.2. The van der Waals surface area contributed by atoms with Gasteiger partial charge in [0.05, 0.1) is 17.3 Å². The molecule has 0 spiro atoms. The van der Waals surface area contributed by atoms with E-state index in [1.54, 1.807) is 6.20 Å². The molecule has 5 nitrogen and oxygen atoms in total. The van der Waals surface area contributed by atoms with E-state index in [9.17, 15) is 4.79 Å². The number of carbonyl (C=O) groups excluding carboxylic acids is 1. The van der Waals surface area contributed by atoms with E-state index < -0.39 is 5.41 Å². The summed E-state index contributed by atoms with van der Waals surface area (Å²) in [7, 11) is 0. The number of hydrogen-bond donors (Lipinski definition) is 1. The van der Waals surface area contributed by atoms with Crippen molar-refractivity contribution in [3.05, 3.63) is 82.9 Å². The van der Waals surface area contributed by atoms with Crippen molar-refractivity contribution >= 4 is 11.6 Å². The summed E-state index contributed by atoms with van der Waals surface area (Å²) >= 11 is 0. The van der Waals surface area contributed by atoms with Gasteiger partial charge in [-0.05, 0) is 54.5 Å². The molecular weight excluding hydrogens is 396 g/mol. The summed E-state index contributed by atoms with van der Waals surface area (Å²) in [4.78, 5) is 18.3. The molecule has 0 fully saturated rings. The van der Waals surface area contributed by atoms with E-state index in [0.29, 0.717) is 6.42 Å². The predicted molar refractivity (Wildman–Crippen MR) is 126 cm³/mol. The van der Waals surface area contributed by atoms with Gasteiger partial charge in [-0.2, -0.15) is 10.2 Å². The molecule has 1 aliphatic heterocycles. The van der Waals surface area contributed by atoms with Gasteiger partial charge in [-0.3, -0.25) is 4.79 Å². The Hall–Kier alpha value is -3.34. The third-order valence-corrected chi connectivity index (χ3v) is 6.83. The average Bonchev–Trinajstić information content (AvgIpc) is 2.77. The minimum Gasteiger partial charge on any atom is -0.343 e. The van der Waals surface area contributed by atoms with Crippen LogP contribution in [0.25, 0.3) is 11.1 Å². The average molecular weight is 425 g/mol. The van der Waals surface area contributed by atoms with Crippen LogP contribution in [0.5, 0.6) is 0 Å². The number of nitrogens with one attached hydrogen (secondary N) is 1. The molecule has 0 unspecified atom stereocenters. The third kappa shape index (κ3) is 3.15. The first kappa shape index (κ1) is 20.6. The lowest BCUT2D eigenvalue weighted by Gasteiger charge is -2.46. The monoisotopic (exact) mass is 424 g/mol. The van der Waals surface area contributed by atoms with Crippen LogP contribution >= 0.6 is 0 Å². The molecule has 0 bridgehead atoms. The molecule has 32 heavy (non-hydrogen) atoms. The number of fused-ring (bicyclic) bond motifs is 1. The Bertz CT molecular complexity index is 1260. The lowest BCUT2D eigenvalue weighted by molar-refractivity contribution is -0.118. The van der Waals surface area contributed by atoms with Gasteiger partial charge >= 0.3 is 0 Å². The van der Waals surface area contributed by atoms with Gasteiger partial charge in [0.1, 0.15) is 5.82 Å². The Morgan fingerprint density at radius 3 is 2.69 bits per heavy atom. The van der Waals surface area contributed by atoms with Crippen LogP contribution in [0.4, 0.5) is 5.82 Å². The SMILES string of the molecule is CC[C@@]1(c2cccc(-c3cnnc(C)c3)c2)C2=C(CC(C)(C)CC2=O)Nc2ncccc21. The van der Waals surface area contributed by atoms with Crippen LogP contribution in [0.1, 0.15) is 56.9 Å².